The van der Waals surface area contributed by atoms with E-state index in [9.17, 15) is 18.0 Å². The zero-order valence-electron chi connectivity index (χ0n) is 12.5. The number of allylic oxidation sites excluding steroid dienone is 2. The summed E-state index contributed by atoms with van der Waals surface area (Å²) in [7, 11) is 0. The van der Waals surface area contributed by atoms with Crippen molar-refractivity contribution in [1.29, 1.82) is 0 Å². The molecule has 0 unspecified atom stereocenters. The van der Waals surface area contributed by atoms with Gasteiger partial charge in [-0.3, -0.25) is 0 Å². The molecule has 0 radical (unpaired) electrons. The summed E-state index contributed by atoms with van der Waals surface area (Å²) in [6.45, 7) is 0. The molecule has 3 rings (SSSR count). The van der Waals surface area contributed by atoms with Crippen LogP contribution in [0.3, 0.4) is 0 Å². The van der Waals surface area contributed by atoms with E-state index in [1.165, 1.54) is 6.07 Å². The Morgan fingerprint density at radius 1 is 1.25 bits per heavy atom. The lowest BCUT2D eigenvalue weighted by atomic mass is 9.86. The number of hydrogen-bond acceptors (Lipinski definition) is 4. The SMILES string of the molecule is NC1=CCc2cc(Nc3ccc(C(F)(F)F)cn3)ccc2[C@@H]1C=O. The fraction of sp³-hybridized carbons (Fsp3) is 0.176. The van der Waals surface area contributed by atoms with Crippen molar-refractivity contribution < 1.29 is 18.0 Å². The summed E-state index contributed by atoms with van der Waals surface area (Å²) in [5.41, 5.74) is 8.03. The summed E-state index contributed by atoms with van der Waals surface area (Å²) in [6, 6.07) is 7.62. The van der Waals surface area contributed by atoms with E-state index in [2.05, 4.69) is 10.3 Å². The maximum atomic E-state index is 12.5. The van der Waals surface area contributed by atoms with Gasteiger partial charge in [-0.2, -0.15) is 13.2 Å². The molecular weight excluding hydrogens is 319 g/mol. The molecule has 0 fully saturated rings. The van der Waals surface area contributed by atoms with E-state index in [1.54, 1.807) is 18.2 Å². The zero-order chi connectivity index (χ0) is 17.3. The smallest absolute Gasteiger partial charge is 0.401 e. The van der Waals surface area contributed by atoms with E-state index in [0.29, 0.717) is 23.6 Å². The third kappa shape index (κ3) is 3.10. The summed E-state index contributed by atoms with van der Waals surface area (Å²) >= 11 is 0. The molecule has 7 heteroatoms. The van der Waals surface area contributed by atoms with Crippen LogP contribution in [0.2, 0.25) is 0 Å². The maximum Gasteiger partial charge on any atom is 0.417 e. The number of halogens is 3. The number of rotatable bonds is 3. The number of nitrogens with one attached hydrogen (secondary N) is 1. The van der Waals surface area contributed by atoms with Gasteiger partial charge in [0, 0.05) is 17.6 Å². The number of pyridine rings is 1. The Bertz CT molecular complexity index is 798. The number of fused-ring (bicyclic) bond motifs is 1. The van der Waals surface area contributed by atoms with Crippen molar-refractivity contribution in [3.63, 3.8) is 0 Å². The number of carbonyl (C=O) groups is 1. The summed E-state index contributed by atoms with van der Waals surface area (Å²) in [6.07, 6.45) is -0.433. The monoisotopic (exact) mass is 333 g/mol. The number of anilines is 2. The van der Waals surface area contributed by atoms with E-state index < -0.39 is 17.7 Å². The van der Waals surface area contributed by atoms with Crippen molar-refractivity contribution in [2.24, 2.45) is 5.73 Å². The zero-order valence-corrected chi connectivity index (χ0v) is 12.5. The van der Waals surface area contributed by atoms with Gasteiger partial charge in [0.2, 0.25) is 0 Å². The van der Waals surface area contributed by atoms with Crippen LogP contribution in [-0.4, -0.2) is 11.3 Å². The maximum absolute atomic E-state index is 12.5. The first-order valence-corrected chi connectivity index (χ1v) is 7.22. The second-order valence-corrected chi connectivity index (χ2v) is 5.49. The minimum atomic E-state index is -4.41. The molecule has 0 saturated carbocycles. The molecule has 1 aliphatic rings. The lowest BCUT2D eigenvalue weighted by Gasteiger charge is -2.21. The van der Waals surface area contributed by atoms with Gasteiger partial charge < -0.3 is 15.8 Å². The minimum absolute atomic E-state index is 0.306. The van der Waals surface area contributed by atoms with Gasteiger partial charge in [0.1, 0.15) is 12.1 Å². The molecule has 0 aliphatic heterocycles. The molecule has 4 nitrogen and oxygen atoms in total. The van der Waals surface area contributed by atoms with E-state index in [4.69, 9.17) is 5.73 Å². The molecule has 1 atom stereocenters. The van der Waals surface area contributed by atoms with Crippen molar-refractivity contribution in [3.8, 4) is 0 Å². The second kappa shape index (κ2) is 5.99. The van der Waals surface area contributed by atoms with Crippen LogP contribution in [0.25, 0.3) is 0 Å². The number of aromatic nitrogens is 1. The van der Waals surface area contributed by atoms with Crippen LogP contribution in [-0.2, 0) is 17.4 Å². The number of carbonyl (C=O) groups excluding carboxylic acids is 1. The predicted octanol–water partition coefficient (Wildman–Crippen LogP) is 3.53. The molecule has 1 aliphatic carbocycles. The molecule has 1 aromatic carbocycles. The Balaban J connectivity index is 1.82. The lowest BCUT2D eigenvalue weighted by molar-refractivity contribution is -0.137. The molecule has 2 aromatic rings. The number of aldehydes is 1. The third-order valence-electron chi connectivity index (χ3n) is 3.89. The van der Waals surface area contributed by atoms with E-state index in [1.807, 2.05) is 6.07 Å². The Morgan fingerprint density at radius 2 is 2.04 bits per heavy atom. The molecule has 0 amide bonds. The average molecular weight is 333 g/mol. The molecule has 0 bridgehead atoms. The average Bonchev–Trinajstić information content (AvgIpc) is 2.54. The fourth-order valence-electron chi connectivity index (χ4n) is 2.63. The van der Waals surface area contributed by atoms with E-state index >= 15 is 0 Å². The first kappa shape index (κ1) is 16.0. The Kier molecular flexibility index (Phi) is 4.01. The largest absolute Gasteiger partial charge is 0.417 e. The molecule has 0 spiro atoms. The lowest BCUT2D eigenvalue weighted by Crippen LogP contribution is -2.17. The van der Waals surface area contributed by atoms with E-state index in [0.717, 1.165) is 29.7 Å². The van der Waals surface area contributed by atoms with Gasteiger partial charge in [-0.1, -0.05) is 12.1 Å². The van der Waals surface area contributed by atoms with Gasteiger partial charge in [0.05, 0.1) is 11.5 Å². The van der Waals surface area contributed by atoms with Crippen LogP contribution < -0.4 is 11.1 Å². The highest BCUT2D eigenvalue weighted by molar-refractivity contribution is 5.71. The highest BCUT2D eigenvalue weighted by Gasteiger charge is 2.30. The highest BCUT2D eigenvalue weighted by Crippen LogP contribution is 2.32. The van der Waals surface area contributed by atoms with Crippen molar-refractivity contribution in [2.75, 3.05) is 5.32 Å². The van der Waals surface area contributed by atoms with Gasteiger partial charge in [-0.15, -0.1) is 0 Å². The molecule has 0 saturated heterocycles. The number of alkyl halides is 3. The van der Waals surface area contributed by atoms with Gasteiger partial charge in [-0.25, -0.2) is 4.98 Å². The first-order chi connectivity index (χ1) is 11.4. The van der Waals surface area contributed by atoms with Crippen LogP contribution in [0.1, 0.15) is 22.6 Å². The summed E-state index contributed by atoms with van der Waals surface area (Å²) in [5, 5.41) is 2.96. The van der Waals surface area contributed by atoms with Crippen LogP contribution in [0.15, 0.2) is 48.3 Å². The Labute approximate surface area is 136 Å². The summed E-state index contributed by atoms with van der Waals surface area (Å²) in [4.78, 5) is 15.0. The summed E-state index contributed by atoms with van der Waals surface area (Å²) in [5.74, 6) is -0.146. The number of nitrogens with two attached hydrogens (primary N) is 1. The summed E-state index contributed by atoms with van der Waals surface area (Å²) < 4.78 is 37.6. The molecule has 3 N–H and O–H groups in total. The Hall–Kier alpha value is -2.83. The van der Waals surface area contributed by atoms with Gasteiger partial charge in [-0.05, 0) is 41.8 Å². The van der Waals surface area contributed by atoms with Crippen molar-refractivity contribution in [3.05, 3.63) is 65.0 Å². The Morgan fingerprint density at radius 3 is 2.67 bits per heavy atom. The first-order valence-electron chi connectivity index (χ1n) is 7.22. The number of benzene rings is 1. The molecule has 1 heterocycles. The normalized spacial score (nSPS) is 17.0. The van der Waals surface area contributed by atoms with Crippen molar-refractivity contribution in [1.82, 2.24) is 4.98 Å². The van der Waals surface area contributed by atoms with Crippen molar-refractivity contribution in [2.45, 2.75) is 18.5 Å². The van der Waals surface area contributed by atoms with Gasteiger partial charge in [0.15, 0.2) is 0 Å². The highest BCUT2D eigenvalue weighted by atomic mass is 19.4. The van der Waals surface area contributed by atoms with E-state index in [-0.39, 0.29) is 0 Å². The van der Waals surface area contributed by atoms with Gasteiger partial charge in [0.25, 0.3) is 0 Å². The topological polar surface area (TPSA) is 68.0 Å². The van der Waals surface area contributed by atoms with Crippen molar-refractivity contribution >= 4 is 17.8 Å². The fourth-order valence-corrected chi connectivity index (χ4v) is 2.63. The number of hydrogen-bond donors (Lipinski definition) is 2. The molecule has 124 valence electrons. The molecule has 24 heavy (non-hydrogen) atoms. The van der Waals surface area contributed by atoms with Crippen LogP contribution in [0.4, 0.5) is 24.7 Å². The van der Waals surface area contributed by atoms with Crippen LogP contribution >= 0.6 is 0 Å². The van der Waals surface area contributed by atoms with Gasteiger partial charge >= 0.3 is 6.18 Å². The number of nitrogens with zero attached hydrogens (tertiary/aromatic N) is 1. The van der Waals surface area contributed by atoms with Crippen LogP contribution in [0.5, 0.6) is 0 Å². The molecule has 1 aromatic heterocycles. The molecular formula is C17H14F3N3O. The minimum Gasteiger partial charge on any atom is -0.401 e. The third-order valence-corrected chi connectivity index (χ3v) is 3.89. The standard InChI is InChI=1S/C17H14F3N3O/c18-17(19,20)11-2-6-16(22-8-11)23-12-3-4-13-10(7-12)1-5-15(21)14(13)9-24/h2-9,14H,1,21H2,(H,22,23)/t14-/m0/s1. The quantitative estimate of drug-likeness (QED) is 0.843. The predicted molar refractivity (Wildman–Crippen MR) is 83.7 cm³/mol. The van der Waals surface area contributed by atoms with Crippen LogP contribution in [0, 0.1) is 0 Å². The second-order valence-electron chi connectivity index (χ2n) is 5.49.